The van der Waals surface area contributed by atoms with Gasteiger partial charge in [0, 0.05) is 12.7 Å². The van der Waals surface area contributed by atoms with E-state index in [1.165, 1.54) is 0 Å². The number of rotatable bonds is 5. The molecule has 19 heavy (non-hydrogen) atoms. The van der Waals surface area contributed by atoms with Gasteiger partial charge in [0.2, 0.25) is 0 Å². The van der Waals surface area contributed by atoms with Crippen molar-refractivity contribution >= 4 is 11.5 Å². The van der Waals surface area contributed by atoms with Crippen molar-refractivity contribution in [1.29, 1.82) is 0 Å². The second-order valence-corrected chi connectivity index (χ2v) is 4.23. The molecular weight excluding hydrogens is 236 g/mol. The molecule has 0 aliphatic heterocycles. The number of aliphatic imine (C=N–C) groups is 1. The van der Waals surface area contributed by atoms with Crippen LogP contribution in [-0.2, 0) is 11.2 Å². The number of para-hydroxylation sites is 1. The van der Waals surface area contributed by atoms with Crippen LogP contribution in [0.1, 0.15) is 11.1 Å². The molecule has 2 rings (SSSR count). The minimum absolute atomic E-state index is 0.533. The number of nitrogens with two attached hydrogens (primary N) is 1. The zero-order valence-electron chi connectivity index (χ0n) is 11.0. The molecule has 0 aliphatic carbocycles. The third kappa shape index (κ3) is 3.66. The largest absolute Gasteiger partial charge is 0.384 e. The van der Waals surface area contributed by atoms with Gasteiger partial charge in [0.15, 0.2) is 0 Å². The van der Waals surface area contributed by atoms with Gasteiger partial charge in [-0.05, 0) is 18.1 Å². The molecular formula is C16H18N2O. The van der Waals surface area contributed by atoms with E-state index in [0.717, 1.165) is 23.2 Å². The van der Waals surface area contributed by atoms with Crippen LogP contribution in [0.2, 0.25) is 0 Å². The van der Waals surface area contributed by atoms with Gasteiger partial charge < -0.3 is 10.5 Å². The monoisotopic (exact) mass is 254 g/mol. The Morgan fingerprint density at radius 2 is 1.74 bits per heavy atom. The summed E-state index contributed by atoms with van der Waals surface area (Å²) >= 11 is 0. The first-order chi connectivity index (χ1) is 9.31. The average molecular weight is 254 g/mol. The zero-order valence-corrected chi connectivity index (χ0v) is 11.0. The average Bonchev–Trinajstić information content (AvgIpc) is 2.47. The number of hydrogen-bond donors (Lipinski definition) is 1. The van der Waals surface area contributed by atoms with E-state index in [0.29, 0.717) is 12.4 Å². The molecule has 0 spiro atoms. The quantitative estimate of drug-likeness (QED) is 0.658. The van der Waals surface area contributed by atoms with Gasteiger partial charge in [0.05, 0.1) is 12.3 Å². The van der Waals surface area contributed by atoms with Gasteiger partial charge in [-0.3, -0.25) is 0 Å². The molecule has 0 aromatic heterocycles. The molecule has 0 unspecified atom stereocenters. The summed E-state index contributed by atoms with van der Waals surface area (Å²) in [5.41, 5.74) is 9.02. The number of hydrogen-bond acceptors (Lipinski definition) is 2. The molecule has 2 aromatic rings. The maximum absolute atomic E-state index is 6.04. The van der Waals surface area contributed by atoms with Crippen molar-refractivity contribution in [3.8, 4) is 0 Å². The smallest absolute Gasteiger partial charge is 0.131 e. The van der Waals surface area contributed by atoms with E-state index in [1.807, 2.05) is 48.5 Å². The van der Waals surface area contributed by atoms with E-state index in [-0.39, 0.29) is 0 Å². The second-order valence-electron chi connectivity index (χ2n) is 4.23. The van der Waals surface area contributed by atoms with Gasteiger partial charge in [0.25, 0.3) is 0 Å². The van der Waals surface area contributed by atoms with Gasteiger partial charge in [-0.2, -0.15) is 0 Å². The highest BCUT2D eigenvalue weighted by atomic mass is 16.5. The summed E-state index contributed by atoms with van der Waals surface area (Å²) in [4.78, 5) is 4.52. The number of ether oxygens (including phenoxy) is 1. The summed E-state index contributed by atoms with van der Waals surface area (Å²) in [7, 11) is 1.70. The summed E-state index contributed by atoms with van der Waals surface area (Å²) in [5.74, 6) is 0.533. The van der Waals surface area contributed by atoms with Crippen LogP contribution in [0, 0.1) is 0 Å². The third-order valence-corrected chi connectivity index (χ3v) is 2.88. The van der Waals surface area contributed by atoms with Crippen molar-refractivity contribution in [2.24, 2.45) is 10.7 Å². The van der Waals surface area contributed by atoms with Gasteiger partial charge >= 0.3 is 0 Å². The number of nitrogens with zero attached hydrogens (tertiary/aromatic N) is 1. The first-order valence-electron chi connectivity index (χ1n) is 6.27. The Hall–Kier alpha value is -2.13. The van der Waals surface area contributed by atoms with Crippen molar-refractivity contribution in [2.45, 2.75) is 6.42 Å². The van der Waals surface area contributed by atoms with Crippen molar-refractivity contribution in [3.05, 3.63) is 65.7 Å². The fourth-order valence-corrected chi connectivity index (χ4v) is 1.85. The van der Waals surface area contributed by atoms with Crippen LogP contribution in [0.4, 0.5) is 5.69 Å². The summed E-state index contributed by atoms with van der Waals surface area (Å²) in [6.45, 7) is 0.678. The molecule has 0 saturated carbocycles. The number of benzene rings is 2. The van der Waals surface area contributed by atoms with Crippen LogP contribution >= 0.6 is 0 Å². The van der Waals surface area contributed by atoms with E-state index < -0.39 is 0 Å². The molecule has 3 nitrogen and oxygen atoms in total. The predicted molar refractivity (Wildman–Crippen MR) is 78.8 cm³/mol. The van der Waals surface area contributed by atoms with Gasteiger partial charge in [-0.1, -0.05) is 48.5 Å². The molecule has 0 amide bonds. The van der Waals surface area contributed by atoms with Crippen LogP contribution < -0.4 is 5.73 Å². The van der Waals surface area contributed by atoms with Crippen molar-refractivity contribution in [2.75, 3.05) is 13.7 Å². The SMILES string of the molecule is COCCc1ccccc1N=C(N)c1ccccc1. The van der Waals surface area contributed by atoms with Crippen molar-refractivity contribution in [1.82, 2.24) is 0 Å². The lowest BCUT2D eigenvalue weighted by molar-refractivity contribution is 0.202. The normalized spacial score (nSPS) is 11.5. The van der Waals surface area contributed by atoms with E-state index >= 15 is 0 Å². The van der Waals surface area contributed by atoms with E-state index in [2.05, 4.69) is 11.1 Å². The van der Waals surface area contributed by atoms with Crippen LogP contribution in [0.15, 0.2) is 59.6 Å². The van der Waals surface area contributed by atoms with Crippen molar-refractivity contribution < 1.29 is 4.74 Å². The molecule has 0 saturated heterocycles. The van der Waals surface area contributed by atoms with E-state index in [4.69, 9.17) is 10.5 Å². The van der Waals surface area contributed by atoms with Gasteiger partial charge in [-0.15, -0.1) is 0 Å². The van der Waals surface area contributed by atoms with Crippen molar-refractivity contribution in [3.63, 3.8) is 0 Å². The Bertz CT molecular complexity index is 550. The Labute approximate surface area is 113 Å². The first-order valence-corrected chi connectivity index (χ1v) is 6.27. The Balaban J connectivity index is 2.27. The van der Waals surface area contributed by atoms with Crippen LogP contribution in [0.25, 0.3) is 0 Å². The molecule has 0 fully saturated rings. The molecule has 0 heterocycles. The molecule has 0 bridgehead atoms. The van der Waals surface area contributed by atoms with Crippen LogP contribution in [-0.4, -0.2) is 19.6 Å². The minimum Gasteiger partial charge on any atom is -0.384 e. The standard InChI is InChI=1S/C16H18N2O/c1-19-12-11-13-7-5-6-10-15(13)18-16(17)14-8-3-2-4-9-14/h2-10H,11-12H2,1H3,(H2,17,18). The highest BCUT2D eigenvalue weighted by molar-refractivity contribution is 5.99. The lowest BCUT2D eigenvalue weighted by Crippen LogP contribution is -2.12. The summed E-state index contributed by atoms with van der Waals surface area (Å²) in [6, 6.07) is 17.8. The van der Waals surface area contributed by atoms with E-state index in [9.17, 15) is 0 Å². The first kappa shape index (κ1) is 13.3. The molecule has 0 aliphatic rings. The molecule has 2 N–H and O–H groups in total. The predicted octanol–water partition coefficient (Wildman–Crippen LogP) is 2.91. The lowest BCUT2D eigenvalue weighted by Gasteiger charge is -2.06. The lowest BCUT2D eigenvalue weighted by atomic mass is 10.1. The highest BCUT2D eigenvalue weighted by Crippen LogP contribution is 2.20. The van der Waals surface area contributed by atoms with Gasteiger partial charge in [0.1, 0.15) is 5.84 Å². The highest BCUT2D eigenvalue weighted by Gasteiger charge is 2.02. The molecule has 0 radical (unpaired) electrons. The molecule has 98 valence electrons. The van der Waals surface area contributed by atoms with E-state index in [1.54, 1.807) is 7.11 Å². The summed E-state index contributed by atoms with van der Waals surface area (Å²) < 4.78 is 5.11. The summed E-state index contributed by atoms with van der Waals surface area (Å²) in [5, 5.41) is 0. The maximum atomic E-state index is 6.04. The zero-order chi connectivity index (χ0) is 13.5. The van der Waals surface area contributed by atoms with Gasteiger partial charge in [-0.25, -0.2) is 4.99 Å². The molecule has 0 atom stereocenters. The fraction of sp³-hybridized carbons (Fsp3) is 0.188. The third-order valence-electron chi connectivity index (χ3n) is 2.88. The summed E-state index contributed by atoms with van der Waals surface area (Å²) in [6.07, 6.45) is 0.832. The maximum Gasteiger partial charge on any atom is 0.131 e. The Morgan fingerprint density at radius 3 is 2.47 bits per heavy atom. The molecule has 3 heteroatoms. The number of methoxy groups -OCH3 is 1. The Kier molecular flexibility index (Phi) is 4.70. The minimum atomic E-state index is 0.533. The second kappa shape index (κ2) is 6.71. The Morgan fingerprint density at radius 1 is 1.05 bits per heavy atom. The molecule has 2 aromatic carbocycles. The van der Waals surface area contributed by atoms with Crippen LogP contribution in [0.5, 0.6) is 0 Å². The fourth-order valence-electron chi connectivity index (χ4n) is 1.85. The van der Waals surface area contributed by atoms with Crippen LogP contribution in [0.3, 0.4) is 0 Å². The topological polar surface area (TPSA) is 47.6 Å². The number of amidine groups is 1.